The molecule has 0 spiro atoms. The topological polar surface area (TPSA) is 72.5 Å². The molecule has 112 valence electrons. The predicted molar refractivity (Wildman–Crippen MR) is 82.2 cm³/mol. The molecule has 2 aromatic rings. The van der Waals surface area contributed by atoms with Crippen molar-refractivity contribution in [1.82, 2.24) is 0 Å². The zero-order chi connectivity index (χ0) is 16.1. The number of nitrogens with one attached hydrogen (secondary N) is 1. The molecule has 0 aliphatic carbocycles. The molecule has 5 heteroatoms. The number of hydrogen-bond donors (Lipinski definition) is 1. The van der Waals surface area contributed by atoms with Gasteiger partial charge in [0.1, 0.15) is 5.75 Å². The summed E-state index contributed by atoms with van der Waals surface area (Å²) < 4.78 is 5.27. The highest BCUT2D eigenvalue weighted by atomic mass is 16.5. The van der Waals surface area contributed by atoms with E-state index in [4.69, 9.17) is 4.74 Å². The van der Waals surface area contributed by atoms with E-state index in [0.29, 0.717) is 16.8 Å². The summed E-state index contributed by atoms with van der Waals surface area (Å²) in [6.07, 6.45) is 0. The van der Waals surface area contributed by atoms with Gasteiger partial charge in [0.05, 0.1) is 11.1 Å². The van der Waals surface area contributed by atoms with Crippen molar-refractivity contribution in [3.63, 3.8) is 0 Å². The number of amides is 1. The minimum atomic E-state index is -0.567. The first kappa shape index (κ1) is 15.4. The summed E-state index contributed by atoms with van der Waals surface area (Å²) in [6.45, 7) is 2.82. The van der Waals surface area contributed by atoms with Gasteiger partial charge in [-0.15, -0.1) is 0 Å². The standard InChI is InChI=1S/C17H15NO4/c1-11(19)15-5-3-4-6-16(15)22-17(21)13-7-9-14(10-8-13)18-12(2)20/h3-10H,1-2H3,(H,18,20). The fraction of sp³-hybridized carbons (Fsp3) is 0.118. The van der Waals surface area contributed by atoms with Crippen LogP contribution in [0.4, 0.5) is 5.69 Å². The van der Waals surface area contributed by atoms with Gasteiger partial charge < -0.3 is 10.1 Å². The molecule has 22 heavy (non-hydrogen) atoms. The highest BCUT2D eigenvalue weighted by Crippen LogP contribution is 2.20. The Morgan fingerprint density at radius 2 is 1.55 bits per heavy atom. The van der Waals surface area contributed by atoms with E-state index in [1.165, 1.54) is 13.8 Å². The number of Topliss-reactive ketones (excluding diaryl/α,β-unsaturated/α-hetero) is 1. The average Bonchev–Trinajstić information content (AvgIpc) is 2.47. The van der Waals surface area contributed by atoms with Crippen molar-refractivity contribution in [3.8, 4) is 5.75 Å². The van der Waals surface area contributed by atoms with Crippen LogP contribution in [0.15, 0.2) is 48.5 Å². The molecule has 0 aliphatic rings. The van der Waals surface area contributed by atoms with Crippen LogP contribution >= 0.6 is 0 Å². The maximum atomic E-state index is 12.1. The van der Waals surface area contributed by atoms with Crippen LogP contribution in [0.1, 0.15) is 34.6 Å². The van der Waals surface area contributed by atoms with Crippen molar-refractivity contribution >= 4 is 23.3 Å². The number of ether oxygens (including phenoxy) is 1. The summed E-state index contributed by atoms with van der Waals surface area (Å²) in [5, 5.41) is 2.61. The van der Waals surface area contributed by atoms with Gasteiger partial charge in [-0.05, 0) is 43.3 Å². The second kappa shape index (κ2) is 6.67. The van der Waals surface area contributed by atoms with Crippen LogP contribution in [-0.4, -0.2) is 17.7 Å². The van der Waals surface area contributed by atoms with Gasteiger partial charge in [0, 0.05) is 12.6 Å². The van der Waals surface area contributed by atoms with E-state index in [9.17, 15) is 14.4 Å². The summed E-state index contributed by atoms with van der Waals surface area (Å²) in [6, 6.07) is 12.9. The van der Waals surface area contributed by atoms with Crippen molar-refractivity contribution in [2.75, 3.05) is 5.32 Å². The number of benzene rings is 2. The van der Waals surface area contributed by atoms with Gasteiger partial charge in [-0.2, -0.15) is 0 Å². The Kier molecular flexibility index (Phi) is 4.68. The van der Waals surface area contributed by atoms with Crippen LogP contribution in [0.2, 0.25) is 0 Å². The summed E-state index contributed by atoms with van der Waals surface area (Å²) in [5.74, 6) is -0.705. The fourth-order valence-corrected chi connectivity index (χ4v) is 1.90. The smallest absolute Gasteiger partial charge is 0.343 e. The van der Waals surface area contributed by atoms with E-state index in [-0.39, 0.29) is 17.4 Å². The molecule has 0 heterocycles. The number of para-hydroxylation sites is 1. The van der Waals surface area contributed by atoms with Crippen LogP contribution in [0.25, 0.3) is 0 Å². The molecular formula is C17H15NO4. The molecule has 0 fully saturated rings. The number of carbonyl (C=O) groups is 3. The largest absolute Gasteiger partial charge is 0.422 e. The Balaban J connectivity index is 2.16. The molecule has 0 bridgehead atoms. The lowest BCUT2D eigenvalue weighted by molar-refractivity contribution is -0.114. The molecule has 0 unspecified atom stereocenters. The van der Waals surface area contributed by atoms with Gasteiger partial charge in [-0.1, -0.05) is 12.1 Å². The number of anilines is 1. The molecule has 0 atom stereocenters. The van der Waals surface area contributed by atoms with Gasteiger partial charge in [-0.25, -0.2) is 4.79 Å². The molecule has 0 radical (unpaired) electrons. The summed E-state index contributed by atoms with van der Waals surface area (Å²) in [5.41, 5.74) is 1.27. The van der Waals surface area contributed by atoms with E-state index >= 15 is 0 Å². The van der Waals surface area contributed by atoms with Crippen molar-refractivity contribution in [2.24, 2.45) is 0 Å². The van der Waals surface area contributed by atoms with E-state index in [1.54, 1.807) is 48.5 Å². The predicted octanol–water partition coefficient (Wildman–Crippen LogP) is 3.07. The summed E-state index contributed by atoms with van der Waals surface area (Å²) >= 11 is 0. The minimum Gasteiger partial charge on any atom is -0.422 e. The molecule has 0 aliphatic heterocycles. The quantitative estimate of drug-likeness (QED) is 0.535. The van der Waals surface area contributed by atoms with Gasteiger partial charge in [-0.3, -0.25) is 9.59 Å². The van der Waals surface area contributed by atoms with Crippen LogP contribution in [-0.2, 0) is 4.79 Å². The molecular weight excluding hydrogens is 282 g/mol. The van der Waals surface area contributed by atoms with Crippen molar-refractivity contribution in [1.29, 1.82) is 0 Å². The zero-order valence-corrected chi connectivity index (χ0v) is 12.3. The number of carbonyl (C=O) groups excluding carboxylic acids is 3. The first-order chi connectivity index (χ1) is 10.5. The van der Waals surface area contributed by atoms with Gasteiger partial charge in [0.15, 0.2) is 5.78 Å². The Morgan fingerprint density at radius 1 is 0.909 bits per heavy atom. The Labute approximate surface area is 127 Å². The lowest BCUT2D eigenvalue weighted by atomic mass is 10.1. The maximum absolute atomic E-state index is 12.1. The molecule has 2 rings (SSSR count). The zero-order valence-electron chi connectivity index (χ0n) is 12.3. The Morgan fingerprint density at radius 3 is 2.14 bits per heavy atom. The van der Waals surface area contributed by atoms with Crippen molar-refractivity contribution in [3.05, 3.63) is 59.7 Å². The van der Waals surface area contributed by atoms with Crippen molar-refractivity contribution < 1.29 is 19.1 Å². The third kappa shape index (κ3) is 3.79. The SMILES string of the molecule is CC(=O)Nc1ccc(C(=O)Oc2ccccc2C(C)=O)cc1. The highest BCUT2D eigenvalue weighted by Gasteiger charge is 2.13. The van der Waals surface area contributed by atoms with E-state index in [1.807, 2.05) is 0 Å². The van der Waals surface area contributed by atoms with E-state index in [0.717, 1.165) is 0 Å². The number of ketones is 1. The summed E-state index contributed by atoms with van der Waals surface area (Å²) in [4.78, 5) is 34.5. The van der Waals surface area contributed by atoms with Crippen LogP contribution in [0.3, 0.4) is 0 Å². The Bertz CT molecular complexity index is 720. The molecule has 0 saturated carbocycles. The van der Waals surface area contributed by atoms with Gasteiger partial charge >= 0.3 is 5.97 Å². The first-order valence-electron chi connectivity index (χ1n) is 6.67. The average molecular weight is 297 g/mol. The lowest BCUT2D eigenvalue weighted by Crippen LogP contribution is -2.11. The monoisotopic (exact) mass is 297 g/mol. The number of rotatable bonds is 4. The first-order valence-corrected chi connectivity index (χ1v) is 6.67. The molecule has 0 aromatic heterocycles. The third-order valence-electron chi connectivity index (χ3n) is 2.91. The normalized spacial score (nSPS) is 9.91. The highest BCUT2D eigenvalue weighted by molar-refractivity contribution is 5.99. The number of esters is 1. The van der Waals surface area contributed by atoms with E-state index < -0.39 is 5.97 Å². The Hall–Kier alpha value is -2.95. The molecule has 5 nitrogen and oxygen atoms in total. The minimum absolute atomic E-state index is 0.176. The molecule has 1 N–H and O–H groups in total. The van der Waals surface area contributed by atoms with Gasteiger partial charge in [0.2, 0.25) is 5.91 Å². The third-order valence-corrected chi connectivity index (χ3v) is 2.91. The molecule has 2 aromatic carbocycles. The fourth-order valence-electron chi connectivity index (χ4n) is 1.90. The van der Waals surface area contributed by atoms with Crippen LogP contribution in [0, 0.1) is 0 Å². The second-order valence-corrected chi connectivity index (χ2v) is 4.70. The summed E-state index contributed by atoms with van der Waals surface area (Å²) in [7, 11) is 0. The van der Waals surface area contributed by atoms with Crippen LogP contribution < -0.4 is 10.1 Å². The van der Waals surface area contributed by atoms with Crippen LogP contribution in [0.5, 0.6) is 5.75 Å². The molecule has 1 amide bonds. The second-order valence-electron chi connectivity index (χ2n) is 4.70. The molecule has 0 saturated heterocycles. The van der Waals surface area contributed by atoms with E-state index in [2.05, 4.69) is 5.32 Å². The van der Waals surface area contributed by atoms with Gasteiger partial charge in [0.25, 0.3) is 0 Å². The number of hydrogen-bond acceptors (Lipinski definition) is 4. The lowest BCUT2D eigenvalue weighted by Gasteiger charge is -2.08. The van der Waals surface area contributed by atoms with Crippen molar-refractivity contribution in [2.45, 2.75) is 13.8 Å². The maximum Gasteiger partial charge on any atom is 0.343 e.